The number of esters is 1. The molecule has 0 radical (unpaired) electrons. The molecule has 1 aromatic rings. The molecule has 0 atom stereocenters. The van der Waals surface area contributed by atoms with Crippen molar-refractivity contribution < 1.29 is 9.53 Å². The molecule has 1 saturated carbocycles. The molecule has 2 heteroatoms. The summed E-state index contributed by atoms with van der Waals surface area (Å²) in [4.78, 5) is 12.2. The van der Waals surface area contributed by atoms with Gasteiger partial charge in [0.1, 0.15) is 6.61 Å². The van der Waals surface area contributed by atoms with Gasteiger partial charge in [-0.2, -0.15) is 0 Å². The summed E-state index contributed by atoms with van der Waals surface area (Å²) < 4.78 is 5.42. The summed E-state index contributed by atoms with van der Waals surface area (Å²) >= 11 is 0. The van der Waals surface area contributed by atoms with Crippen molar-refractivity contribution in [3.8, 4) is 0 Å². The Balaban J connectivity index is 2.01. The lowest BCUT2D eigenvalue weighted by atomic mass is 10.1. The van der Waals surface area contributed by atoms with Crippen LogP contribution in [0.25, 0.3) is 0 Å². The van der Waals surface area contributed by atoms with E-state index < -0.39 is 0 Å². The van der Waals surface area contributed by atoms with Crippen LogP contribution < -0.4 is 0 Å². The van der Waals surface area contributed by atoms with Gasteiger partial charge in [-0.05, 0) is 51.2 Å². The van der Waals surface area contributed by atoms with Gasteiger partial charge < -0.3 is 4.74 Å². The van der Waals surface area contributed by atoms with Crippen LogP contribution in [-0.2, 0) is 16.1 Å². The predicted molar refractivity (Wildman–Crippen MR) is 81.2 cm³/mol. The molecule has 0 spiro atoms. The molecule has 2 nitrogen and oxygen atoms in total. The molecule has 1 fully saturated rings. The highest BCUT2D eigenvalue weighted by atomic mass is 16.5. The molecule has 0 N–H and O–H groups in total. The maximum atomic E-state index is 12.2. The first-order valence-electron chi connectivity index (χ1n) is 7.25. The number of hydrogen-bond donors (Lipinski definition) is 0. The van der Waals surface area contributed by atoms with Gasteiger partial charge in [-0.15, -0.1) is 0 Å². The van der Waals surface area contributed by atoms with Crippen LogP contribution in [0.5, 0.6) is 0 Å². The van der Waals surface area contributed by atoms with Crippen LogP contribution in [0.1, 0.15) is 45.1 Å². The summed E-state index contributed by atoms with van der Waals surface area (Å²) in [7, 11) is 0. The molecule has 0 aromatic heterocycles. The largest absolute Gasteiger partial charge is 0.457 e. The third-order valence-electron chi connectivity index (χ3n) is 3.57. The van der Waals surface area contributed by atoms with Gasteiger partial charge in [0.25, 0.3) is 0 Å². The Morgan fingerprint density at radius 3 is 2.40 bits per heavy atom. The highest BCUT2D eigenvalue weighted by Crippen LogP contribution is 2.26. The van der Waals surface area contributed by atoms with Crippen LogP contribution in [0, 0.1) is 0 Å². The fourth-order valence-corrected chi connectivity index (χ4v) is 2.39. The molecule has 1 aromatic carbocycles. The normalized spacial score (nSPS) is 14.0. The highest BCUT2D eigenvalue weighted by Gasteiger charge is 2.14. The van der Waals surface area contributed by atoms with E-state index in [0.29, 0.717) is 6.61 Å². The van der Waals surface area contributed by atoms with Crippen molar-refractivity contribution in [2.45, 2.75) is 46.1 Å². The van der Waals surface area contributed by atoms with Crippen molar-refractivity contribution >= 4 is 5.97 Å². The Kier molecular flexibility index (Phi) is 5.16. The van der Waals surface area contributed by atoms with E-state index in [4.69, 9.17) is 4.74 Å². The first kappa shape index (κ1) is 14.6. The number of rotatable bonds is 4. The van der Waals surface area contributed by atoms with Crippen LogP contribution >= 0.6 is 0 Å². The lowest BCUT2D eigenvalue weighted by Crippen LogP contribution is -2.08. The van der Waals surface area contributed by atoms with Gasteiger partial charge in [0.15, 0.2) is 0 Å². The fourth-order valence-electron chi connectivity index (χ4n) is 2.39. The summed E-state index contributed by atoms with van der Waals surface area (Å²) in [5, 5.41) is 0. The summed E-state index contributed by atoms with van der Waals surface area (Å²) in [5.74, 6) is -0.215. The second-order valence-corrected chi connectivity index (χ2v) is 5.49. The first-order valence-corrected chi connectivity index (χ1v) is 7.25. The maximum Gasteiger partial charge on any atom is 0.338 e. The molecule has 2 rings (SSSR count). The van der Waals surface area contributed by atoms with Crippen molar-refractivity contribution in [2.75, 3.05) is 0 Å². The minimum Gasteiger partial charge on any atom is -0.457 e. The monoisotopic (exact) mass is 270 g/mol. The van der Waals surface area contributed by atoms with E-state index in [1.165, 1.54) is 18.4 Å². The molecule has 0 amide bonds. The second-order valence-electron chi connectivity index (χ2n) is 5.49. The quantitative estimate of drug-likeness (QED) is 0.592. The van der Waals surface area contributed by atoms with E-state index in [9.17, 15) is 4.79 Å². The SMILES string of the molecule is CC(C)=C(C=C1CCCC1)C(=O)OCc1ccccc1. The zero-order valence-corrected chi connectivity index (χ0v) is 12.3. The van der Waals surface area contributed by atoms with Crippen molar-refractivity contribution in [3.05, 3.63) is 58.7 Å². The Bertz CT molecular complexity index is 512. The molecular formula is C18H22O2. The average molecular weight is 270 g/mol. The summed E-state index contributed by atoms with van der Waals surface area (Å²) in [5.41, 5.74) is 4.13. The number of carbonyl (C=O) groups is 1. The lowest BCUT2D eigenvalue weighted by molar-refractivity contribution is -0.139. The van der Waals surface area contributed by atoms with Crippen LogP contribution in [0.4, 0.5) is 0 Å². The van der Waals surface area contributed by atoms with Gasteiger partial charge >= 0.3 is 5.97 Å². The Labute approximate surface area is 121 Å². The molecule has 0 aliphatic heterocycles. The number of carbonyl (C=O) groups excluding carboxylic acids is 1. The van der Waals surface area contributed by atoms with Crippen LogP contribution in [0.15, 0.2) is 53.1 Å². The van der Waals surface area contributed by atoms with E-state index in [-0.39, 0.29) is 5.97 Å². The molecule has 0 saturated heterocycles. The number of allylic oxidation sites excluding steroid dienone is 2. The third kappa shape index (κ3) is 4.09. The number of hydrogen-bond acceptors (Lipinski definition) is 2. The molecule has 0 bridgehead atoms. The Morgan fingerprint density at radius 1 is 1.15 bits per heavy atom. The summed E-state index contributed by atoms with van der Waals surface area (Å²) in [6.07, 6.45) is 6.74. The minimum absolute atomic E-state index is 0.215. The average Bonchev–Trinajstić information content (AvgIpc) is 2.96. The van der Waals surface area contributed by atoms with Crippen molar-refractivity contribution in [1.82, 2.24) is 0 Å². The number of benzene rings is 1. The summed E-state index contributed by atoms with van der Waals surface area (Å²) in [6.45, 7) is 4.26. The molecular weight excluding hydrogens is 248 g/mol. The van der Waals surface area contributed by atoms with E-state index in [2.05, 4.69) is 0 Å². The van der Waals surface area contributed by atoms with E-state index in [1.807, 2.05) is 50.3 Å². The predicted octanol–water partition coefficient (Wildman–Crippen LogP) is 4.57. The second kappa shape index (κ2) is 7.09. The van der Waals surface area contributed by atoms with E-state index >= 15 is 0 Å². The van der Waals surface area contributed by atoms with Crippen molar-refractivity contribution in [1.29, 1.82) is 0 Å². The van der Waals surface area contributed by atoms with Gasteiger partial charge in [-0.1, -0.05) is 41.5 Å². The van der Waals surface area contributed by atoms with Gasteiger partial charge in [-0.25, -0.2) is 4.79 Å². The minimum atomic E-state index is -0.215. The standard InChI is InChI=1S/C18H22O2/c1-14(2)17(12-15-8-6-7-9-15)18(19)20-13-16-10-4-3-5-11-16/h3-5,10-12H,6-9,13H2,1-2H3. The zero-order valence-electron chi connectivity index (χ0n) is 12.3. The van der Waals surface area contributed by atoms with Crippen molar-refractivity contribution in [3.63, 3.8) is 0 Å². The fraction of sp³-hybridized carbons (Fsp3) is 0.389. The molecule has 106 valence electrons. The first-order chi connectivity index (χ1) is 9.66. The van der Waals surface area contributed by atoms with E-state index in [1.54, 1.807) is 0 Å². The highest BCUT2D eigenvalue weighted by molar-refractivity contribution is 5.92. The molecule has 0 unspecified atom stereocenters. The van der Waals surface area contributed by atoms with Gasteiger partial charge in [-0.3, -0.25) is 0 Å². The van der Waals surface area contributed by atoms with Crippen LogP contribution in [0.3, 0.4) is 0 Å². The zero-order chi connectivity index (χ0) is 14.4. The van der Waals surface area contributed by atoms with Gasteiger partial charge in [0, 0.05) is 0 Å². The molecule has 1 aliphatic rings. The van der Waals surface area contributed by atoms with Crippen LogP contribution in [0.2, 0.25) is 0 Å². The van der Waals surface area contributed by atoms with Gasteiger partial charge in [0.2, 0.25) is 0 Å². The molecule has 1 aliphatic carbocycles. The van der Waals surface area contributed by atoms with Gasteiger partial charge in [0.05, 0.1) is 5.57 Å². The molecule has 20 heavy (non-hydrogen) atoms. The topological polar surface area (TPSA) is 26.3 Å². The van der Waals surface area contributed by atoms with E-state index in [0.717, 1.165) is 29.6 Å². The van der Waals surface area contributed by atoms with Crippen LogP contribution in [-0.4, -0.2) is 5.97 Å². The number of ether oxygens (including phenoxy) is 1. The van der Waals surface area contributed by atoms with Crippen molar-refractivity contribution in [2.24, 2.45) is 0 Å². The lowest BCUT2D eigenvalue weighted by Gasteiger charge is -2.08. The summed E-state index contributed by atoms with van der Waals surface area (Å²) in [6, 6.07) is 9.78. The smallest absolute Gasteiger partial charge is 0.338 e. The third-order valence-corrected chi connectivity index (χ3v) is 3.57. The molecule has 0 heterocycles. The Morgan fingerprint density at radius 2 is 1.80 bits per heavy atom. The maximum absolute atomic E-state index is 12.2. The Hall–Kier alpha value is -1.83.